The van der Waals surface area contributed by atoms with Gasteiger partial charge in [0.2, 0.25) is 0 Å². The fourth-order valence-electron chi connectivity index (χ4n) is 2.35. The molecule has 0 bridgehead atoms. The SMILES string of the molecule is CCCn1ccnc1C(Cc1cc(F)cc(F)c1)NC. The van der Waals surface area contributed by atoms with Gasteiger partial charge in [0.15, 0.2) is 0 Å². The van der Waals surface area contributed by atoms with Crippen LogP contribution in [0, 0.1) is 11.6 Å². The number of rotatable bonds is 6. The lowest BCUT2D eigenvalue weighted by atomic mass is 10.0. The van der Waals surface area contributed by atoms with Crippen LogP contribution in [-0.4, -0.2) is 16.6 Å². The van der Waals surface area contributed by atoms with E-state index in [-0.39, 0.29) is 6.04 Å². The van der Waals surface area contributed by atoms with Gasteiger partial charge >= 0.3 is 0 Å². The summed E-state index contributed by atoms with van der Waals surface area (Å²) in [5.41, 5.74) is 0.618. The Labute approximate surface area is 117 Å². The number of nitrogens with zero attached hydrogens (tertiary/aromatic N) is 2. The van der Waals surface area contributed by atoms with Gasteiger partial charge in [-0.3, -0.25) is 0 Å². The van der Waals surface area contributed by atoms with Crippen LogP contribution in [0.15, 0.2) is 30.6 Å². The maximum atomic E-state index is 13.2. The van der Waals surface area contributed by atoms with Crippen molar-refractivity contribution in [3.8, 4) is 0 Å². The van der Waals surface area contributed by atoms with Gasteiger partial charge in [-0.05, 0) is 37.6 Å². The summed E-state index contributed by atoms with van der Waals surface area (Å²) < 4.78 is 28.6. The number of nitrogens with one attached hydrogen (secondary N) is 1. The average Bonchev–Trinajstić information content (AvgIpc) is 2.83. The quantitative estimate of drug-likeness (QED) is 0.880. The third-order valence-corrected chi connectivity index (χ3v) is 3.23. The molecule has 2 rings (SSSR count). The lowest BCUT2D eigenvalue weighted by Gasteiger charge is -2.17. The first-order valence-electron chi connectivity index (χ1n) is 6.77. The Kier molecular flexibility index (Phi) is 4.84. The zero-order valence-electron chi connectivity index (χ0n) is 11.7. The van der Waals surface area contributed by atoms with Crippen LogP contribution in [-0.2, 0) is 13.0 Å². The van der Waals surface area contributed by atoms with Gasteiger partial charge in [0.1, 0.15) is 17.5 Å². The first-order valence-corrected chi connectivity index (χ1v) is 6.77. The van der Waals surface area contributed by atoms with Crippen molar-refractivity contribution in [1.82, 2.24) is 14.9 Å². The van der Waals surface area contributed by atoms with Crippen LogP contribution in [0.5, 0.6) is 0 Å². The van der Waals surface area contributed by atoms with E-state index in [0.717, 1.165) is 24.9 Å². The second kappa shape index (κ2) is 6.61. The molecule has 0 radical (unpaired) electrons. The molecule has 1 aromatic heterocycles. The summed E-state index contributed by atoms with van der Waals surface area (Å²) in [6, 6.07) is 3.54. The number of hydrogen-bond donors (Lipinski definition) is 1. The van der Waals surface area contributed by atoms with E-state index in [1.54, 1.807) is 6.20 Å². The molecule has 0 saturated heterocycles. The molecule has 1 atom stereocenters. The Balaban J connectivity index is 2.21. The molecule has 0 saturated carbocycles. The summed E-state index contributed by atoms with van der Waals surface area (Å²) in [5, 5.41) is 3.16. The lowest BCUT2D eigenvalue weighted by Crippen LogP contribution is -2.23. The molecule has 20 heavy (non-hydrogen) atoms. The minimum Gasteiger partial charge on any atom is -0.334 e. The highest BCUT2D eigenvalue weighted by molar-refractivity contribution is 5.20. The minimum absolute atomic E-state index is 0.0715. The lowest BCUT2D eigenvalue weighted by molar-refractivity contribution is 0.508. The maximum Gasteiger partial charge on any atom is 0.126 e. The van der Waals surface area contributed by atoms with Crippen molar-refractivity contribution in [1.29, 1.82) is 0 Å². The zero-order valence-corrected chi connectivity index (χ0v) is 11.7. The first-order chi connectivity index (χ1) is 9.63. The van der Waals surface area contributed by atoms with E-state index in [4.69, 9.17) is 0 Å². The number of aryl methyl sites for hydroxylation is 1. The minimum atomic E-state index is -0.549. The van der Waals surface area contributed by atoms with Gasteiger partial charge in [0.05, 0.1) is 6.04 Å². The van der Waals surface area contributed by atoms with Crippen LogP contribution in [0.3, 0.4) is 0 Å². The molecule has 108 valence electrons. The molecule has 1 heterocycles. The number of aromatic nitrogens is 2. The van der Waals surface area contributed by atoms with Crippen molar-refractivity contribution in [3.05, 3.63) is 53.6 Å². The normalized spacial score (nSPS) is 12.6. The second-order valence-corrected chi connectivity index (χ2v) is 4.80. The standard InChI is InChI=1S/C15H19F2N3/c1-3-5-20-6-4-19-15(20)14(18-2)9-11-7-12(16)10-13(17)8-11/h4,6-8,10,14,18H,3,5,9H2,1-2H3. The van der Waals surface area contributed by atoms with Crippen molar-refractivity contribution in [2.75, 3.05) is 7.05 Å². The van der Waals surface area contributed by atoms with Crippen LogP contribution in [0.4, 0.5) is 8.78 Å². The van der Waals surface area contributed by atoms with Gasteiger partial charge in [-0.2, -0.15) is 0 Å². The van der Waals surface area contributed by atoms with E-state index in [1.807, 2.05) is 13.2 Å². The molecule has 2 aromatic rings. The molecular weight excluding hydrogens is 260 g/mol. The number of benzene rings is 1. The Morgan fingerprint density at radius 1 is 1.25 bits per heavy atom. The summed E-state index contributed by atoms with van der Waals surface area (Å²) in [5.74, 6) is -0.211. The van der Waals surface area contributed by atoms with E-state index >= 15 is 0 Å². The third-order valence-electron chi connectivity index (χ3n) is 3.23. The van der Waals surface area contributed by atoms with Crippen LogP contribution in [0.2, 0.25) is 0 Å². The average molecular weight is 279 g/mol. The van der Waals surface area contributed by atoms with Crippen molar-refractivity contribution in [2.45, 2.75) is 32.4 Å². The number of likely N-dealkylation sites (N-methyl/N-ethyl adjacent to an activating group) is 1. The van der Waals surface area contributed by atoms with E-state index in [1.165, 1.54) is 12.1 Å². The molecule has 0 amide bonds. The van der Waals surface area contributed by atoms with Gasteiger partial charge in [-0.1, -0.05) is 6.92 Å². The van der Waals surface area contributed by atoms with Crippen molar-refractivity contribution < 1.29 is 8.78 Å². The summed E-state index contributed by atoms with van der Waals surface area (Å²) in [7, 11) is 1.82. The largest absolute Gasteiger partial charge is 0.334 e. The number of hydrogen-bond acceptors (Lipinski definition) is 2. The first kappa shape index (κ1) is 14.7. The Hall–Kier alpha value is -1.75. The molecule has 0 fully saturated rings. The number of imidazole rings is 1. The summed E-state index contributed by atoms with van der Waals surface area (Å²) in [6.45, 7) is 2.98. The monoisotopic (exact) mass is 279 g/mol. The molecule has 1 N–H and O–H groups in total. The van der Waals surface area contributed by atoms with Crippen molar-refractivity contribution >= 4 is 0 Å². The smallest absolute Gasteiger partial charge is 0.126 e. The van der Waals surface area contributed by atoms with E-state index in [2.05, 4.69) is 21.8 Å². The fourth-order valence-corrected chi connectivity index (χ4v) is 2.35. The molecule has 1 aromatic carbocycles. The van der Waals surface area contributed by atoms with Crippen LogP contribution in [0.1, 0.15) is 30.8 Å². The van der Waals surface area contributed by atoms with Gasteiger partial charge in [-0.25, -0.2) is 13.8 Å². The van der Waals surface area contributed by atoms with Gasteiger partial charge in [0, 0.05) is 25.0 Å². The Bertz CT molecular complexity index is 546. The summed E-state index contributed by atoms with van der Waals surface area (Å²) in [6.07, 6.45) is 5.18. The molecule has 0 aliphatic carbocycles. The Morgan fingerprint density at radius 2 is 1.95 bits per heavy atom. The fraction of sp³-hybridized carbons (Fsp3) is 0.400. The van der Waals surface area contributed by atoms with Gasteiger partial charge < -0.3 is 9.88 Å². The molecule has 0 aliphatic rings. The molecule has 0 aliphatic heterocycles. The molecule has 1 unspecified atom stereocenters. The molecule has 0 spiro atoms. The molecule has 3 nitrogen and oxygen atoms in total. The van der Waals surface area contributed by atoms with Gasteiger partial charge in [0.25, 0.3) is 0 Å². The van der Waals surface area contributed by atoms with Gasteiger partial charge in [-0.15, -0.1) is 0 Å². The summed E-state index contributed by atoms with van der Waals surface area (Å²) >= 11 is 0. The highest BCUT2D eigenvalue weighted by Gasteiger charge is 2.16. The van der Waals surface area contributed by atoms with Crippen molar-refractivity contribution in [3.63, 3.8) is 0 Å². The maximum absolute atomic E-state index is 13.2. The highest BCUT2D eigenvalue weighted by atomic mass is 19.1. The predicted molar refractivity (Wildman–Crippen MR) is 74.4 cm³/mol. The van der Waals surface area contributed by atoms with Crippen LogP contribution < -0.4 is 5.32 Å². The van der Waals surface area contributed by atoms with E-state index in [9.17, 15) is 8.78 Å². The topological polar surface area (TPSA) is 29.9 Å². The zero-order chi connectivity index (χ0) is 14.5. The highest BCUT2D eigenvalue weighted by Crippen LogP contribution is 2.19. The van der Waals surface area contributed by atoms with Crippen LogP contribution >= 0.6 is 0 Å². The molecule has 5 heteroatoms. The second-order valence-electron chi connectivity index (χ2n) is 4.80. The van der Waals surface area contributed by atoms with E-state index < -0.39 is 11.6 Å². The predicted octanol–water partition coefficient (Wildman–Crippen LogP) is 3.07. The third kappa shape index (κ3) is 3.42. The number of halogens is 2. The molecular formula is C15H19F2N3. The Morgan fingerprint density at radius 3 is 2.55 bits per heavy atom. The van der Waals surface area contributed by atoms with Crippen molar-refractivity contribution in [2.24, 2.45) is 0 Å². The summed E-state index contributed by atoms with van der Waals surface area (Å²) in [4.78, 5) is 4.36. The van der Waals surface area contributed by atoms with Crippen LogP contribution in [0.25, 0.3) is 0 Å². The van der Waals surface area contributed by atoms with E-state index in [0.29, 0.717) is 12.0 Å².